The van der Waals surface area contributed by atoms with E-state index in [1.54, 1.807) is 12.1 Å². The van der Waals surface area contributed by atoms with Crippen LogP contribution in [0.15, 0.2) is 21.2 Å². The Balaban J connectivity index is 1.70. The molecule has 0 radical (unpaired) electrons. The van der Waals surface area contributed by atoms with E-state index in [1.165, 1.54) is 0 Å². The highest BCUT2D eigenvalue weighted by Crippen LogP contribution is 2.40. The molecule has 1 aliphatic rings. The molecular weight excluding hydrogens is 258 g/mol. The lowest BCUT2D eigenvalue weighted by Crippen LogP contribution is -2.12. The van der Waals surface area contributed by atoms with Crippen LogP contribution >= 0.6 is 0 Å². The number of hydrogen-bond acceptors (Lipinski definition) is 5. The van der Waals surface area contributed by atoms with Crippen LogP contribution in [0.1, 0.15) is 61.5 Å². The summed E-state index contributed by atoms with van der Waals surface area (Å²) in [6, 6.07) is 3.41. The number of carbonyl (C=O) groups is 1. The molecule has 1 fully saturated rings. The molecule has 0 atom stereocenters. The van der Waals surface area contributed by atoms with Crippen LogP contribution in [0.5, 0.6) is 0 Å². The minimum Gasteiger partial charge on any atom is -0.360 e. The van der Waals surface area contributed by atoms with Gasteiger partial charge in [-0.15, -0.1) is 0 Å². The summed E-state index contributed by atoms with van der Waals surface area (Å²) in [6.45, 7) is 6.04. The first-order valence-corrected chi connectivity index (χ1v) is 6.68. The molecular formula is C14H17N3O3. The standard InChI is InChI=1S/C14H17N3O3/c1-14(2,3)11-7-12(17-20-11)15-13(18)9-6-10(19-16-9)8-4-5-8/h6-8H,4-5H2,1-3H3,(H,15,17,18). The summed E-state index contributed by atoms with van der Waals surface area (Å²) in [5.41, 5.74) is 0.121. The van der Waals surface area contributed by atoms with Crippen molar-refractivity contribution < 1.29 is 13.8 Å². The van der Waals surface area contributed by atoms with Crippen molar-refractivity contribution >= 4 is 11.7 Å². The molecule has 0 aliphatic heterocycles. The fourth-order valence-electron chi connectivity index (χ4n) is 1.82. The van der Waals surface area contributed by atoms with Gasteiger partial charge in [-0.05, 0) is 12.8 Å². The summed E-state index contributed by atoms with van der Waals surface area (Å²) in [4.78, 5) is 12.0. The van der Waals surface area contributed by atoms with Gasteiger partial charge >= 0.3 is 0 Å². The van der Waals surface area contributed by atoms with Crippen molar-refractivity contribution in [2.75, 3.05) is 5.32 Å². The molecule has 1 saturated carbocycles. The van der Waals surface area contributed by atoms with E-state index in [9.17, 15) is 4.79 Å². The third-order valence-corrected chi connectivity index (χ3v) is 3.23. The van der Waals surface area contributed by atoms with E-state index < -0.39 is 0 Å². The van der Waals surface area contributed by atoms with E-state index in [0.29, 0.717) is 17.5 Å². The third kappa shape index (κ3) is 2.59. The Labute approximate surface area is 116 Å². The van der Waals surface area contributed by atoms with Crippen molar-refractivity contribution in [3.63, 3.8) is 0 Å². The number of anilines is 1. The van der Waals surface area contributed by atoms with Gasteiger partial charge < -0.3 is 14.4 Å². The van der Waals surface area contributed by atoms with Crippen LogP contribution in [-0.4, -0.2) is 16.2 Å². The molecule has 0 spiro atoms. The van der Waals surface area contributed by atoms with Gasteiger partial charge in [0.25, 0.3) is 5.91 Å². The van der Waals surface area contributed by atoms with Gasteiger partial charge in [0.15, 0.2) is 11.5 Å². The lowest BCUT2D eigenvalue weighted by molar-refractivity contribution is 0.101. The maximum absolute atomic E-state index is 12.0. The molecule has 1 aliphatic carbocycles. The highest BCUT2D eigenvalue weighted by atomic mass is 16.5. The molecule has 2 aromatic heterocycles. The average molecular weight is 275 g/mol. The highest BCUT2D eigenvalue weighted by molar-refractivity contribution is 6.02. The highest BCUT2D eigenvalue weighted by Gasteiger charge is 2.29. The van der Waals surface area contributed by atoms with E-state index in [4.69, 9.17) is 9.05 Å². The smallest absolute Gasteiger partial charge is 0.279 e. The molecule has 106 valence electrons. The summed E-state index contributed by atoms with van der Waals surface area (Å²) in [5, 5.41) is 10.3. The summed E-state index contributed by atoms with van der Waals surface area (Å²) < 4.78 is 10.4. The van der Waals surface area contributed by atoms with E-state index >= 15 is 0 Å². The zero-order chi connectivity index (χ0) is 14.3. The molecule has 2 heterocycles. The van der Waals surface area contributed by atoms with Crippen molar-refractivity contribution in [3.8, 4) is 0 Å². The fourth-order valence-corrected chi connectivity index (χ4v) is 1.82. The number of carbonyl (C=O) groups excluding carboxylic acids is 1. The van der Waals surface area contributed by atoms with Gasteiger partial charge in [0.2, 0.25) is 0 Å². The monoisotopic (exact) mass is 275 g/mol. The predicted molar refractivity (Wildman–Crippen MR) is 71.6 cm³/mol. The number of hydrogen-bond donors (Lipinski definition) is 1. The van der Waals surface area contributed by atoms with E-state index in [1.807, 2.05) is 20.8 Å². The Hall–Kier alpha value is -2.11. The van der Waals surface area contributed by atoms with Crippen LogP contribution < -0.4 is 5.32 Å². The fraction of sp³-hybridized carbons (Fsp3) is 0.500. The summed E-state index contributed by atoms with van der Waals surface area (Å²) >= 11 is 0. The molecule has 3 rings (SSSR count). The third-order valence-electron chi connectivity index (χ3n) is 3.23. The number of rotatable bonds is 3. The number of nitrogens with zero attached hydrogens (tertiary/aromatic N) is 2. The van der Waals surface area contributed by atoms with Crippen LogP contribution in [0, 0.1) is 0 Å². The molecule has 6 nitrogen and oxygen atoms in total. The number of aromatic nitrogens is 2. The van der Waals surface area contributed by atoms with E-state index in [2.05, 4.69) is 15.6 Å². The predicted octanol–water partition coefficient (Wildman–Crippen LogP) is 3.09. The van der Waals surface area contributed by atoms with Gasteiger partial charge in [-0.1, -0.05) is 31.1 Å². The SMILES string of the molecule is CC(C)(C)c1cc(NC(=O)c2cc(C3CC3)on2)no1. The largest absolute Gasteiger partial charge is 0.360 e. The van der Waals surface area contributed by atoms with Crippen molar-refractivity contribution in [2.45, 2.75) is 44.9 Å². The summed E-state index contributed by atoms with van der Waals surface area (Å²) in [6.07, 6.45) is 2.21. The molecule has 1 amide bonds. The minimum atomic E-state index is -0.339. The zero-order valence-electron chi connectivity index (χ0n) is 11.8. The normalized spacial score (nSPS) is 15.3. The second-order valence-electron chi connectivity index (χ2n) is 6.17. The van der Waals surface area contributed by atoms with Crippen molar-refractivity contribution in [1.82, 2.24) is 10.3 Å². The lowest BCUT2D eigenvalue weighted by Gasteiger charge is -2.11. The lowest BCUT2D eigenvalue weighted by atomic mass is 9.93. The maximum atomic E-state index is 12.0. The molecule has 0 saturated heterocycles. The first-order chi connectivity index (χ1) is 9.43. The average Bonchev–Trinajstić information content (AvgIpc) is 2.91. The van der Waals surface area contributed by atoms with Crippen LogP contribution in [0.4, 0.5) is 5.82 Å². The zero-order valence-corrected chi connectivity index (χ0v) is 11.8. The minimum absolute atomic E-state index is 0.150. The molecule has 0 unspecified atom stereocenters. The summed E-state index contributed by atoms with van der Waals surface area (Å²) in [7, 11) is 0. The Morgan fingerprint density at radius 1 is 1.25 bits per heavy atom. The first kappa shape index (κ1) is 12.9. The van der Waals surface area contributed by atoms with Gasteiger partial charge in [0.1, 0.15) is 11.5 Å². The topological polar surface area (TPSA) is 81.2 Å². The van der Waals surface area contributed by atoms with Gasteiger partial charge in [-0.3, -0.25) is 4.79 Å². The maximum Gasteiger partial charge on any atom is 0.279 e. The number of amides is 1. The van der Waals surface area contributed by atoms with Gasteiger partial charge in [-0.2, -0.15) is 0 Å². The molecule has 0 bridgehead atoms. The van der Waals surface area contributed by atoms with Crippen LogP contribution in [0.3, 0.4) is 0 Å². The quantitative estimate of drug-likeness (QED) is 0.930. The second-order valence-corrected chi connectivity index (χ2v) is 6.17. The van der Waals surface area contributed by atoms with Crippen LogP contribution in [0.25, 0.3) is 0 Å². The molecule has 6 heteroatoms. The Bertz CT molecular complexity index is 632. The van der Waals surface area contributed by atoms with Crippen molar-refractivity contribution in [2.24, 2.45) is 0 Å². The molecule has 1 N–H and O–H groups in total. The number of nitrogens with one attached hydrogen (secondary N) is 1. The van der Waals surface area contributed by atoms with Crippen LogP contribution in [0.2, 0.25) is 0 Å². The molecule has 0 aromatic carbocycles. The van der Waals surface area contributed by atoms with Gasteiger partial charge in [0.05, 0.1) is 0 Å². The molecule has 20 heavy (non-hydrogen) atoms. The van der Waals surface area contributed by atoms with Crippen molar-refractivity contribution in [1.29, 1.82) is 0 Å². The Morgan fingerprint density at radius 3 is 2.60 bits per heavy atom. The summed E-state index contributed by atoms with van der Waals surface area (Å²) in [5.74, 6) is 1.98. The van der Waals surface area contributed by atoms with E-state index in [0.717, 1.165) is 18.6 Å². The second kappa shape index (κ2) is 4.47. The van der Waals surface area contributed by atoms with Crippen LogP contribution in [-0.2, 0) is 5.41 Å². The van der Waals surface area contributed by atoms with Gasteiger partial charge in [0, 0.05) is 23.5 Å². The van der Waals surface area contributed by atoms with Crippen molar-refractivity contribution in [3.05, 3.63) is 29.3 Å². The van der Waals surface area contributed by atoms with Gasteiger partial charge in [-0.25, -0.2) is 0 Å². The Morgan fingerprint density at radius 2 is 2.00 bits per heavy atom. The molecule has 2 aromatic rings. The first-order valence-electron chi connectivity index (χ1n) is 6.68. The van der Waals surface area contributed by atoms with E-state index in [-0.39, 0.29) is 17.0 Å². The Kier molecular flexibility index (Phi) is 2.88.